The Morgan fingerprint density at radius 2 is 1.90 bits per heavy atom. The van der Waals surface area contributed by atoms with Crippen molar-refractivity contribution in [2.45, 2.75) is 51.2 Å². The average Bonchev–Trinajstić information content (AvgIpc) is 3.10. The zero-order valence-corrected chi connectivity index (χ0v) is 17.8. The fraction of sp³-hybridized carbons (Fsp3) is 0.619. The van der Waals surface area contributed by atoms with E-state index in [1.165, 1.54) is 12.0 Å². The van der Waals surface area contributed by atoms with Gasteiger partial charge in [0.05, 0.1) is 13.7 Å². The second kappa shape index (κ2) is 9.35. The summed E-state index contributed by atoms with van der Waals surface area (Å²) in [7, 11) is 3.13. The number of amides is 1. The molecule has 1 saturated heterocycles. The van der Waals surface area contributed by atoms with Crippen LogP contribution in [-0.2, 0) is 19.8 Å². The molecular weight excluding hydrogens is 378 g/mol. The van der Waals surface area contributed by atoms with Gasteiger partial charge in [0, 0.05) is 26.7 Å². The Morgan fingerprint density at radius 3 is 2.48 bits per heavy atom. The third-order valence-electron chi connectivity index (χ3n) is 4.74. The van der Waals surface area contributed by atoms with E-state index in [0.717, 1.165) is 0 Å². The molecule has 1 aliphatic heterocycles. The van der Waals surface area contributed by atoms with E-state index in [-0.39, 0.29) is 6.42 Å². The molecule has 0 aliphatic carbocycles. The maximum atomic E-state index is 12.8. The highest BCUT2D eigenvalue weighted by Crippen LogP contribution is 2.43. The van der Waals surface area contributed by atoms with Crippen molar-refractivity contribution in [2.24, 2.45) is 0 Å². The van der Waals surface area contributed by atoms with E-state index in [9.17, 15) is 14.7 Å². The number of carbonyl (C=O) groups is 2. The molecule has 0 bridgehead atoms. The topological polar surface area (TPSA) is 94.5 Å². The third kappa shape index (κ3) is 5.12. The Labute approximate surface area is 171 Å². The number of likely N-dealkylation sites (tertiary alicyclic amines) is 1. The Balaban J connectivity index is 2.40. The predicted molar refractivity (Wildman–Crippen MR) is 106 cm³/mol. The Kier molecular flexibility index (Phi) is 7.35. The highest BCUT2D eigenvalue weighted by Gasteiger charge is 2.53. The zero-order chi connectivity index (χ0) is 21.7. The molecule has 1 heterocycles. The number of methoxy groups -OCH3 is 2. The molecule has 1 fully saturated rings. The summed E-state index contributed by atoms with van der Waals surface area (Å²) in [6.07, 6.45) is 0.882. The summed E-state index contributed by atoms with van der Waals surface area (Å²) >= 11 is 0. The van der Waals surface area contributed by atoms with Crippen molar-refractivity contribution in [2.75, 3.05) is 34.0 Å². The summed E-state index contributed by atoms with van der Waals surface area (Å²) in [6.45, 7) is 6.50. The van der Waals surface area contributed by atoms with E-state index < -0.39 is 23.2 Å². The van der Waals surface area contributed by atoms with E-state index >= 15 is 0 Å². The number of aliphatic carboxylic acids is 1. The zero-order valence-electron chi connectivity index (χ0n) is 17.8. The van der Waals surface area contributed by atoms with Crippen molar-refractivity contribution in [3.05, 3.63) is 23.8 Å². The van der Waals surface area contributed by atoms with Crippen LogP contribution in [0.3, 0.4) is 0 Å². The molecule has 29 heavy (non-hydrogen) atoms. The van der Waals surface area contributed by atoms with Gasteiger partial charge in [-0.15, -0.1) is 0 Å². The molecule has 162 valence electrons. The monoisotopic (exact) mass is 409 g/mol. The normalized spacial score (nSPS) is 19.1. The number of ether oxygens (including phenoxy) is 4. The largest absolute Gasteiger partial charge is 0.493 e. The van der Waals surface area contributed by atoms with Crippen LogP contribution in [0.5, 0.6) is 11.5 Å². The van der Waals surface area contributed by atoms with Crippen molar-refractivity contribution < 1.29 is 33.6 Å². The Bertz CT molecular complexity index is 728. The lowest BCUT2D eigenvalue weighted by Crippen LogP contribution is -2.52. The lowest BCUT2D eigenvalue weighted by atomic mass is 9.87. The van der Waals surface area contributed by atoms with Gasteiger partial charge in [0.2, 0.25) is 0 Å². The standard InChI is InChI=1S/C21H31NO7/c1-20(2,3)29-19(25)22-11-6-10-21(22,18(23)24)15-8-9-16(27-5)17(14-15)28-13-7-12-26-4/h8-9,14H,6-7,10-13H2,1-5H3,(H,23,24). The fourth-order valence-electron chi connectivity index (χ4n) is 3.46. The molecule has 1 atom stereocenters. The number of carbonyl (C=O) groups excluding carboxylic acids is 1. The van der Waals surface area contributed by atoms with Crippen LogP contribution < -0.4 is 9.47 Å². The maximum absolute atomic E-state index is 12.8. The van der Waals surface area contributed by atoms with Gasteiger partial charge in [-0.3, -0.25) is 4.90 Å². The van der Waals surface area contributed by atoms with Crippen LogP contribution in [0.1, 0.15) is 45.6 Å². The Morgan fingerprint density at radius 1 is 1.17 bits per heavy atom. The van der Waals surface area contributed by atoms with Crippen LogP contribution in [0.25, 0.3) is 0 Å². The lowest BCUT2D eigenvalue weighted by Gasteiger charge is -2.36. The van der Waals surface area contributed by atoms with Crippen LogP contribution in [0.4, 0.5) is 4.79 Å². The summed E-state index contributed by atoms with van der Waals surface area (Å²) in [6, 6.07) is 4.97. The minimum Gasteiger partial charge on any atom is -0.493 e. The molecule has 0 spiro atoms. The van der Waals surface area contributed by atoms with Gasteiger partial charge in [-0.2, -0.15) is 0 Å². The van der Waals surface area contributed by atoms with E-state index in [1.807, 2.05) is 0 Å². The first-order valence-electron chi connectivity index (χ1n) is 9.70. The van der Waals surface area contributed by atoms with E-state index in [0.29, 0.717) is 49.7 Å². The van der Waals surface area contributed by atoms with E-state index in [2.05, 4.69) is 0 Å². The minimum atomic E-state index is -1.51. The molecule has 1 N–H and O–H groups in total. The van der Waals surface area contributed by atoms with Crippen LogP contribution in [0.2, 0.25) is 0 Å². The van der Waals surface area contributed by atoms with Crippen LogP contribution in [0, 0.1) is 0 Å². The number of rotatable bonds is 8. The molecule has 1 amide bonds. The van der Waals surface area contributed by atoms with Crippen molar-refractivity contribution in [1.29, 1.82) is 0 Å². The lowest BCUT2D eigenvalue weighted by molar-refractivity contribution is -0.150. The maximum Gasteiger partial charge on any atom is 0.411 e. The third-order valence-corrected chi connectivity index (χ3v) is 4.74. The first-order chi connectivity index (χ1) is 13.7. The second-order valence-electron chi connectivity index (χ2n) is 7.96. The summed E-state index contributed by atoms with van der Waals surface area (Å²) in [4.78, 5) is 26.5. The van der Waals surface area contributed by atoms with Gasteiger partial charge in [0.25, 0.3) is 0 Å². The van der Waals surface area contributed by atoms with Crippen molar-refractivity contribution >= 4 is 12.1 Å². The van der Waals surface area contributed by atoms with Gasteiger partial charge >= 0.3 is 12.1 Å². The van der Waals surface area contributed by atoms with Gasteiger partial charge in [0.1, 0.15) is 5.60 Å². The number of hydrogen-bond donors (Lipinski definition) is 1. The van der Waals surface area contributed by atoms with Gasteiger partial charge in [-0.1, -0.05) is 6.07 Å². The number of carboxylic acids is 1. The predicted octanol–water partition coefficient (Wildman–Crippen LogP) is 3.42. The van der Waals surface area contributed by atoms with Gasteiger partial charge in [-0.05, 0) is 51.3 Å². The van der Waals surface area contributed by atoms with E-state index in [1.54, 1.807) is 46.1 Å². The molecule has 8 heteroatoms. The molecule has 8 nitrogen and oxygen atoms in total. The second-order valence-corrected chi connectivity index (χ2v) is 7.96. The summed E-state index contributed by atoms with van der Waals surface area (Å²) in [5, 5.41) is 10.2. The molecule has 1 aliphatic rings. The fourth-order valence-corrected chi connectivity index (χ4v) is 3.46. The molecule has 0 saturated carbocycles. The molecule has 0 radical (unpaired) electrons. The highest BCUT2D eigenvalue weighted by atomic mass is 16.6. The van der Waals surface area contributed by atoms with Crippen LogP contribution in [-0.4, -0.2) is 61.6 Å². The highest BCUT2D eigenvalue weighted by molar-refractivity contribution is 5.87. The Hall–Kier alpha value is -2.48. The molecular formula is C21H31NO7. The van der Waals surface area contributed by atoms with E-state index in [4.69, 9.17) is 18.9 Å². The van der Waals surface area contributed by atoms with Crippen molar-refractivity contribution in [1.82, 2.24) is 4.90 Å². The smallest absolute Gasteiger partial charge is 0.411 e. The van der Waals surface area contributed by atoms with Gasteiger partial charge in [-0.25, -0.2) is 9.59 Å². The number of hydrogen-bond acceptors (Lipinski definition) is 6. The van der Waals surface area contributed by atoms with Crippen LogP contribution in [0.15, 0.2) is 18.2 Å². The number of carboxylic acid groups (broad SMARTS) is 1. The molecule has 1 aromatic carbocycles. The number of nitrogens with zero attached hydrogens (tertiary/aromatic N) is 1. The summed E-state index contributed by atoms with van der Waals surface area (Å²) < 4.78 is 21.6. The first-order valence-corrected chi connectivity index (χ1v) is 9.70. The van der Waals surface area contributed by atoms with Crippen molar-refractivity contribution in [3.63, 3.8) is 0 Å². The minimum absolute atomic E-state index is 0.289. The van der Waals surface area contributed by atoms with Crippen LogP contribution >= 0.6 is 0 Å². The molecule has 1 aromatic rings. The van der Waals surface area contributed by atoms with Gasteiger partial charge < -0.3 is 24.1 Å². The molecule has 1 unspecified atom stereocenters. The average molecular weight is 409 g/mol. The quantitative estimate of drug-likeness (QED) is 0.657. The SMILES string of the molecule is COCCCOc1cc(C2(C(=O)O)CCCN2C(=O)OC(C)(C)C)ccc1OC. The van der Waals surface area contributed by atoms with Gasteiger partial charge in [0.15, 0.2) is 17.0 Å². The number of benzene rings is 1. The van der Waals surface area contributed by atoms with Crippen molar-refractivity contribution in [3.8, 4) is 11.5 Å². The first kappa shape index (κ1) is 22.8. The molecule has 2 rings (SSSR count). The summed E-state index contributed by atoms with van der Waals surface area (Å²) in [5.74, 6) is -0.178. The summed E-state index contributed by atoms with van der Waals surface area (Å²) in [5.41, 5.74) is -1.78. The molecule has 0 aromatic heterocycles.